The Kier molecular flexibility index (Phi) is 3.24. The Bertz CT molecular complexity index is 517. The molecule has 1 aliphatic heterocycles. The van der Waals surface area contributed by atoms with Crippen molar-refractivity contribution in [1.29, 1.82) is 0 Å². The first-order chi connectivity index (χ1) is 7.98. The summed E-state index contributed by atoms with van der Waals surface area (Å²) in [6.07, 6.45) is 2.09. The van der Waals surface area contributed by atoms with Gasteiger partial charge >= 0.3 is 0 Å². The van der Waals surface area contributed by atoms with Crippen LogP contribution in [0.5, 0.6) is 0 Å². The molecule has 1 aromatic rings. The minimum absolute atomic E-state index is 0.0381. The molecule has 5 nitrogen and oxygen atoms in total. The average molecular weight is 257 g/mol. The van der Waals surface area contributed by atoms with E-state index < -0.39 is 9.84 Å². The zero-order valence-electron chi connectivity index (χ0n) is 9.60. The minimum atomic E-state index is -2.88. The van der Waals surface area contributed by atoms with Crippen molar-refractivity contribution in [1.82, 2.24) is 5.32 Å². The maximum atomic E-state index is 11.7. The van der Waals surface area contributed by atoms with Gasteiger partial charge in [0.05, 0.1) is 23.3 Å². The van der Waals surface area contributed by atoms with Crippen LogP contribution in [0, 0.1) is 12.8 Å². The summed E-state index contributed by atoms with van der Waals surface area (Å²) in [6.45, 7) is 2.12. The highest BCUT2D eigenvalue weighted by Gasteiger charge is 2.28. The van der Waals surface area contributed by atoms with E-state index in [0.29, 0.717) is 24.3 Å². The molecular formula is C11H15NO4S. The first-order valence-electron chi connectivity index (χ1n) is 5.50. The number of rotatable bonds is 3. The molecule has 1 aliphatic rings. The molecule has 94 valence electrons. The average Bonchev–Trinajstić information content (AvgIpc) is 2.81. The molecule has 1 fully saturated rings. The summed E-state index contributed by atoms with van der Waals surface area (Å²) in [4.78, 5) is 11.7. The number of carbonyl (C=O) groups excluding carboxylic acids is 1. The summed E-state index contributed by atoms with van der Waals surface area (Å²) >= 11 is 0. The molecule has 2 heterocycles. The predicted molar refractivity (Wildman–Crippen MR) is 62.5 cm³/mol. The maximum Gasteiger partial charge on any atom is 0.254 e. The molecule has 0 aromatic carbocycles. The Labute approximate surface area is 100 Å². The number of hydrogen-bond acceptors (Lipinski definition) is 4. The van der Waals surface area contributed by atoms with Crippen LogP contribution in [-0.4, -0.2) is 32.4 Å². The van der Waals surface area contributed by atoms with Gasteiger partial charge in [-0.2, -0.15) is 0 Å². The second-order valence-corrected chi connectivity index (χ2v) is 6.60. The summed E-state index contributed by atoms with van der Waals surface area (Å²) in [5, 5.41) is 2.74. The van der Waals surface area contributed by atoms with E-state index in [1.54, 1.807) is 13.0 Å². The van der Waals surface area contributed by atoms with Crippen molar-refractivity contribution >= 4 is 15.7 Å². The molecule has 0 saturated carbocycles. The fourth-order valence-corrected chi connectivity index (χ4v) is 3.85. The van der Waals surface area contributed by atoms with Crippen LogP contribution in [0.1, 0.15) is 22.5 Å². The second-order valence-electron chi connectivity index (χ2n) is 4.37. The van der Waals surface area contributed by atoms with Gasteiger partial charge in [0.2, 0.25) is 0 Å². The third-order valence-corrected chi connectivity index (χ3v) is 4.82. The van der Waals surface area contributed by atoms with Crippen LogP contribution >= 0.6 is 0 Å². The molecule has 0 spiro atoms. The molecule has 6 heteroatoms. The number of nitrogens with one attached hydrogen (secondary N) is 1. The van der Waals surface area contributed by atoms with E-state index >= 15 is 0 Å². The maximum absolute atomic E-state index is 11.7. The predicted octanol–water partition coefficient (Wildman–Crippen LogP) is 0.753. The molecule has 17 heavy (non-hydrogen) atoms. The number of amides is 1. The van der Waals surface area contributed by atoms with Gasteiger partial charge < -0.3 is 9.73 Å². The lowest BCUT2D eigenvalue weighted by Gasteiger charge is -2.08. The van der Waals surface area contributed by atoms with Crippen molar-refractivity contribution in [2.45, 2.75) is 13.3 Å². The highest BCUT2D eigenvalue weighted by molar-refractivity contribution is 7.91. The van der Waals surface area contributed by atoms with Gasteiger partial charge in [0.25, 0.3) is 5.91 Å². The van der Waals surface area contributed by atoms with Crippen LogP contribution in [0.2, 0.25) is 0 Å². The second kappa shape index (κ2) is 4.52. The molecule has 2 rings (SSSR count). The molecule has 0 aliphatic carbocycles. The molecule has 1 atom stereocenters. The van der Waals surface area contributed by atoms with Gasteiger partial charge in [-0.05, 0) is 25.3 Å². The van der Waals surface area contributed by atoms with Crippen LogP contribution in [-0.2, 0) is 9.84 Å². The van der Waals surface area contributed by atoms with Crippen molar-refractivity contribution in [2.75, 3.05) is 18.1 Å². The van der Waals surface area contributed by atoms with Gasteiger partial charge in [0.1, 0.15) is 5.76 Å². The number of carbonyl (C=O) groups is 1. The lowest BCUT2D eigenvalue weighted by atomic mass is 10.1. The van der Waals surface area contributed by atoms with Crippen LogP contribution < -0.4 is 5.32 Å². The summed E-state index contributed by atoms with van der Waals surface area (Å²) < 4.78 is 27.5. The van der Waals surface area contributed by atoms with E-state index in [-0.39, 0.29) is 23.3 Å². The van der Waals surface area contributed by atoms with Gasteiger partial charge in [-0.1, -0.05) is 0 Å². The van der Waals surface area contributed by atoms with Crippen molar-refractivity contribution in [2.24, 2.45) is 5.92 Å². The molecule has 1 amide bonds. The van der Waals surface area contributed by atoms with E-state index in [1.807, 2.05) is 0 Å². The summed E-state index contributed by atoms with van der Waals surface area (Å²) in [6, 6.07) is 1.61. The molecule has 0 radical (unpaired) electrons. The summed E-state index contributed by atoms with van der Waals surface area (Å²) in [5.41, 5.74) is 0.505. The van der Waals surface area contributed by atoms with E-state index in [4.69, 9.17) is 4.42 Å². The van der Waals surface area contributed by atoms with Crippen molar-refractivity contribution in [3.8, 4) is 0 Å². The first-order valence-corrected chi connectivity index (χ1v) is 7.33. The standard InChI is InChI=1S/C11H15NO4S/c1-8-10(2-4-16-8)11(13)12-6-9-3-5-17(14,15)7-9/h2,4,9H,3,5-7H2,1H3,(H,12,13)/t9-/m0/s1. The highest BCUT2D eigenvalue weighted by Crippen LogP contribution is 2.17. The summed E-state index contributed by atoms with van der Waals surface area (Å²) in [5.74, 6) is 0.814. The fourth-order valence-electron chi connectivity index (χ4n) is 1.99. The number of aryl methyl sites for hydroxylation is 1. The van der Waals surface area contributed by atoms with Crippen molar-refractivity contribution in [3.05, 3.63) is 23.7 Å². The van der Waals surface area contributed by atoms with Crippen molar-refractivity contribution < 1.29 is 17.6 Å². The molecule has 0 bridgehead atoms. The highest BCUT2D eigenvalue weighted by atomic mass is 32.2. The van der Waals surface area contributed by atoms with Gasteiger partial charge in [-0.25, -0.2) is 8.42 Å². The van der Waals surface area contributed by atoms with E-state index in [0.717, 1.165) is 0 Å². The quantitative estimate of drug-likeness (QED) is 0.867. The first kappa shape index (κ1) is 12.2. The van der Waals surface area contributed by atoms with Gasteiger partial charge in [-0.3, -0.25) is 4.79 Å². The van der Waals surface area contributed by atoms with Crippen LogP contribution in [0.3, 0.4) is 0 Å². The topological polar surface area (TPSA) is 76.4 Å². The summed E-state index contributed by atoms with van der Waals surface area (Å²) in [7, 11) is -2.88. The zero-order chi connectivity index (χ0) is 12.5. The van der Waals surface area contributed by atoms with Gasteiger partial charge in [-0.15, -0.1) is 0 Å². The molecule has 1 N–H and O–H groups in total. The number of sulfone groups is 1. The Hall–Kier alpha value is -1.30. The zero-order valence-corrected chi connectivity index (χ0v) is 10.4. The lowest BCUT2D eigenvalue weighted by molar-refractivity contribution is 0.0947. The molecule has 1 saturated heterocycles. The third kappa shape index (κ3) is 2.88. The molecular weight excluding hydrogens is 242 g/mol. The van der Waals surface area contributed by atoms with Crippen molar-refractivity contribution in [3.63, 3.8) is 0 Å². The Morgan fingerprint density at radius 3 is 2.88 bits per heavy atom. The van der Waals surface area contributed by atoms with E-state index in [9.17, 15) is 13.2 Å². The Balaban J connectivity index is 1.88. The Morgan fingerprint density at radius 1 is 1.59 bits per heavy atom. The number of hydrogen-bond donors (Lipinski definition) is 1. The monoisotopic (exact) mass is 257 g/mol. The molecule has 1 aromatic heterocycles. The van der Waals surface area contributed by atoms with E-state index in [1.165, 1.54) is 6.26 Å². The van der Waals surface area contributed by atoms with Gasteiger partial charge in [0.15, 0.2) is 9.84 Å². The minimum Gasteiger partial charge on any atom is -0.469 e. The fraction of sp³-hybridized carbons (Fsp3) is 0.545. The van der Waals surface area contributed by atoms with Gasteiger partial charge in [0, 0.05) is 6.54 Å². The molecule has 0 unspecified atom stereocenters. The normalized spacial score (nSPS) is 22.5. The van der Waals surface area contributed by atoms with Crippen LogP contribution in [0.4, 0.5) is 0 Å². The van der Waals surface area contributed by atoms with Crippen LogP contribution in [0.25, 0.3) is 0 Å². The van der Waals surface area contributed by atoms with Crippen LogP contribution in [0.15, 0.2) is 16.7 Å². The smallest absolute Gasteiger partial charge is 0.254 e. The lowest BCUT2D eigenvalue weighted by Crippen LogP contribution is -2.29. The Morgan fingerprint density at radius 2 is 2.35 bits per heavy atom. The SMILES string of the molecule is Cc1occc1C(=O)NC[C@@H]1CCS(=O)(=O)C1. The van der Waals surface area contributed by atoms with E-state index in [2.05, 4.69) is 5.32 Å². The third-order valence-electron chi connectivity index (χ3n) is 2.98. The largest absolute Gasteiger partial charge is 0.469 e. The number of furan rings is 1.